The number of methoxy groups -OCH3 is 1. The van der Waals surface area contributed by atoms with Crippen molar-refractivity contribution in [3.8, 4) is 29.1 Å². The van der Waals surface area contributed by atoms with Crippen molar-refractivity contribution in [2.24, 2.45) is 0 Å². The molecule has 0 unspecified atom stereocenters. The van der Waals surface area contributed by atoms with Gasteiger partial charge in [0.15, 0.2) is 23.0 Å². The van der Waals surface area contributed by atoms with Gasteiger partial charge < -0.3 is 24.3 Å². The van der Waals surface area contributed by atoms with Crippen molar-refractivity contribution in [3.63, 3.8) is 0 Å². The Balaban J connectivity index is 1.48. The van der Waals surface area contributed by atoms with E-state index in [-0.39, 0.29) is 24.0 Å². The van der Waals surface area contributed by atoms with Crippen molar-refractivity contribution in [2.75, 3.05) is 19.2 Å². The van der Waals surface area contributed by atoms with Crippen LogP contribution in [0.4, 0.5) is 5.69 Å². The third-order valence-electron chi connectivity index (χ3n) is 4.89. The van der Waals surface area contributed by atoms with Gasteiger partial charge in [-0.25, -0.2) is 0 Å². The van der Waals surface area contributed by atoms with E-state index in [1.807, 2.05) is 24.3 Å². The summed E-state index contributed by atoms with van der Waals surface area (Å²) in [6.45, 7) is 0.492. The second kappa shape index (κ2) is 10.4. The molecule has 172 valence electrons. The van der Waals surface area contributed by atoms with Gasteiger partial charge in [-0.2, -0.15) is 5.26 Å². The lowest BCUT2D eigenvalue weighted by Gasteiger charge is -2.12. The zero-order chi connectivity index (χ0) is 24.1. The van der Waals surface area contributed by atoms with Crippen LogP contribution < -0.4 is 24.3 Å². The maximum Gasteiger partial charge on any atom is 0.266 e. The lowest BCUT2D eigenvalue weighted by atomic mass is 10.1. The minimum Gasteiger partial charge on any atom is -0.493 e. The van der Waals surface area contributed by atoms with E-state index in [0.29, 0.717) is 39.3 Å². The zero-order valence-corrected chi connectivity index (χ0v) is 19.4. The van der Waals surface area contributed by atoms with Crippen LogP contribution in [0, 0.1) is 11.3 Å². The average Bonchev–Trinajstić information content (AvgIpc) is 3.32. The van der Waals surface area contributed by atoms with E-state index in [2.05, 4.69) is 5.32 Å². The third kappa shape index (κ3) is 5.20. The number of nitriles is 1. The van der Waals surface area contributed by atoms with Crippen molar-refractivity contribution in [2.45, 2.75) is 6.61 Å². The summed E-state index contributed by atoms with van der Waals surface area (Å²) in [6, 6.07) is 17.4. The van der Waals surface area contributed by atoms with E-state index in [9.17, 15) is 10.1 Å². The number of halogens is 2. The summed E-state index contributed by atoms with van der Waals surface area (Å²) in [5.74, 6) is 1.71. The van der Waals surface area contributed by atoms with Gasteiger partial charge in [-0.1, -0.05) is 41.4 Å². The van der Waals surface area contributed by atoms with E-state index < -0.39 is 5.91 Å². The van der Waals surface area contributed by atoms with Crippen LogP contribution in [-0.2, 0) is 11.4 Å². The highest BCUT2D eigenvalue weighted by atomic mass is 35.5. The van der Waals surface area contributed by atoms with Gasteiger partial charge in [-0.05, 0) is 53.6 Å². The van der Waals surface area contributed by atoms with Crippen LogP contribution in [0.1, 0.15) is 11.1 Å². The number of benzene rings is 3. The van der Waals surface area contributed by atoms with E-state index in [4.69, 9.17) is 42.1 Å². The summed E-state index contributed by atoms with van der Waals surface area (Å²) in [6.07, 6.45) is 1.44. The molecule has 1 N–H and O–H groups in total. The summed E-state index contributed by atoms with van der Waals surface area (Å²) in [7, 11) is 1.51. The first-order chi connectivity index (χ1) is 16.5. The van der Waals surface area contributed by atoms with E-state index >= 15 is 0 Å². The highest BCUT2D eigenvalue weighted by Crippen LogP contribution is 2.34. The fourth-order valence-electron chi connectivity index (χ4n) is 3.19. The number of rotatable bonds is 7. The lowest BCUT2D eigenvalue weighted by Crippen LogP contribution is -2.13. The molecule has 0 atom stereocenters. The smallest absolute Gasteiger partial charge is 0.266 e. The highest BCUT2D eigenvalue weighted by Gasteiger charge is 2.15. The van der Waals surface area contributed by atoms with Crippen LogP contribution in [0.3, 0.4) is 0 Å². The molecule has 4 rings (SSSR count). The Hall–Kier alpha value is -3.86. The van der Waals surface area contributed by atoms with Gasteiger partial charge in [0.25, 0.3) is 5.91 Å². The quantitative estimate of drug-likeness (QED) is 0.325. The normalized spacial score (nSPS) is 12.1. The molecule has 7 nitrogen and oxygen atoms in total. The number of carbonyl (C=O) groups is 1. The first-order valence-corrected chi connectivity index (χ1v) is 10.8. The van der Waals surface area contributed by atoms with Crippen molar-refractivity contribution in [1.82, 2.24) is 0 Å². The third-order valence-corrected chi connectivity index (χ3v) is 5.71. The molecule has 3 aromatic rings. The Morgan fingerprint density at radius 1 is 1.12 bits per heavy atom. The topological polar surface area (TPSA) is 89.8 Å². The molecular weight excluding hydrogens is 479 g/mol. The Kier molecular flexibility index (Phi) is 7.12. The standard InChI is InChI=1S/C25H18Cl2N2O5/c1-31-22-10-15(9-17(12-28)25(30)29-19-4-2-3-18(26)24(19)27)5-7-20(22)32-13-16-6-8-21-23(11-16)34-14-33-21/h2-11H,13-14H2,1H3,(H,29,30)/b17-9-. The number of nitrogens with one attached hydrogen (secondary N) is 1. The number of amides is 1. The average molecular weight is 497 g/mol. The van der Waals surface area contributed by atoms with Crippen molar-refractivity contribution in [1.29, 1.82) is 5.26 Å². The Labute approximate surface area is 206 Å². The molecule has 0 spiro atoms. The number of carbonyl (C=O) groups excluding carboxylic acids is 1. The molecule has 3 aromatic carbocycles. The Bertz CT molecular complexity index is 1320. The zero-order valence-electron chi connectivity index (χ0n) is 17.9. The van der Waals surface area contributed by atoms with Gasteiger partial charge in [-0.3, -0.25) is 4.79 Å². The Morgan fingerprint density at radius 2 is 1.94 bits per heavy atom. The number of hydrogen-bond acceptors (Lipinski definition) is 6. The molecule has 0 fully saturated rings. The minimum absolute atomic E-state index is 0.118. The van der Waals surface area contributed by atoms with E-state index in [0.717, 1.165) is 5.56 Å². The predicted octanol–water partition coefficient (Wildman–Crippen LogP) is 5.86. The molecule has 0 aromatic heterocycles. The molecule has 9 heteroatoms. The van der Waals surface area contributed by atoms with Crippen LogP contribution in [0.25, 0.3) is 6.08 Å². The summed E-state index contributed by atoms with van der Waals surface area (Å²) in [5.41, 5.74) is 1.67. The molecule has 1 heterocycles. The van der Waals surface area contributed by atoms with Gasteiger partial charge in [0.05, 0.1) is 22.8 Å². The molecule has 0 saturated carbocycles. The molecule has 34 heavy (non-hydrogen) atoms. The van der Waals surface area contributed by atoms with E-state index in [1.54, 1.807) is 36.4 Å². The molecule has 1 aliphatic rings. The fourth-order valence-corrected chi connectivity index (χ4v) is 3.54. The van der Waals surface area contributed by atoms with Crippen LogP contribution >= 0.6 is 23.2 Å². The van der Waals surface area contributed by atoms with Gasteiger partial charge in [0, 0.05) is 0 Å². The SMILES string of the molecule is COc1cc(/C=C(/C#N)C(=O)Nc2cccc(Cl)c2Cl)ccc1OCc1ccc2c(c1)OCO2. The molecule has 0 radical (unpaired) electrons. The minimum atomic E-state index is -0.617. The van der Waals surface area contributed by atoms with Crippen molar-refractivity contribution < 1.29 is 23.7 Å². The first kappa shape index (κ1) is 23.3. The maximum atomic E-state index is 12.6. The predicted molar refractivity (Wildman–Crippen MR) is 129 cm³/mol. The van der Waals surface area contributed by atoms with Crippen LogP contribution in [0.2, 0.25) is 10.0 Å². The van der Waals surface area contributed by atoms with Crippen molar-refractivity contribution in [3.05, 3.63) is 81.3 Å². The van der Waals surface area contributed by atoms with Crippen LogP contribution in [0.15, 0.2) is 60.2 Å². The molecule has 0 aliphatic carbocycles. The second-order valence-electron chi connectivity index (χ2n) is 7.11. The fraction of sp³-hybridized carbons (Fsp3) is 0.120. The van der Waals surface area contributed by atoms with Gasteiger partial charge >= 0.3 is 0 Å². The number of hydrogen-bond donors (Lipinski definition) is 1. The summed E-state index contributed by atoms with van der Waals surface area (Å²) < 4.78 is 22.0. The number of fused-ring (bicyclic) bond motifs is 1. The summed E-state index contributed by atoms with van der Waals surface area (Å²) in [5, 5.41) is 12.6. The van der Waals surface area contributed by atoms with Gasteiger partial charge in [0.2, 0.25) is 6.79 Å². The highest BCUT2D eigenvalue weighted by molar-refractivity contribution is 6.44. The second-order valence-corrected chi connectivity index (χ2v) is 7.90. The lowest BCUT2D eigenvalue weighted by molar-refractivity contribution is -0.112. The molecule has 0 saturated heterocycles. The maximum absolute atomic E-state index is 12.6. The molecule has 1 amide bonds. The van der Waals surface area contributed by atoms with Crippen LogP contribution in [0.5, 0.6) is 23.0 Å². The Morgan fingerprint density at radius 3 is 2.74 bits per heavy atom. The van der Waals surface area contributed by atoms with E-state index in [1.165, 1.54) is 13.2 Å². The van der Waals surface area contributed by atoms with Gasteiger partial charge in [-0.15, -0.1) is 0 Å². The van der Waals surface area contributed by atoms with Crippen LogP contribution in [-0.4, -0.2) is 19.8 Å². The summed E-state index contributed by atoms with van der Waals surface area (Å²) in [4.78, 5) is 12.6. The van der Waals surface area contributed by atoms with Crippen molar-refractivity contribution >= 4 is 40.9 Å². The molecule has 1 aliphatic heterocycles. The monoisotopic (exact) mass is 496 g/mol. The number of nitrogens with zero attached hydrogens (tertiary/aromatic N) is 1. The number of anilines is 1. The summed E-state index contributed by atoms with van der Waals surface area (Å²) >= 11 is 12.1. The molecular formula is C25H18Cl2N2O5. The number of ether oxygens (including phenoxy) is 4. The van der Waals surface area contributed by atoms with Gasteiger partial charge in [0.1, 0.15) is 18.2 Å². The first-order valence-electron chi connectivity index (χ1n) is 10.0. The molecule has 0 bridgehead atoms. The largest absolute Gasteiger partial charge is 0.493 e.